The predicted octanol–water partition coefficient (Wildman–Crippen LogP) is 3.58. The van der Waals surface area contributed by atoms with Gasteiger partial charge in [0.2, 0.25) is 0 Å². The van der Waals surface area contributed by atoms with Crippen LogP contribution in [0.4, 0.5) is 0 Å². The van der Waals surface area contributed by atoms with Crippen molar-refractivity contribution in [3.05, 3.63) is 33.8 Å². The van der Waals surface area contributed by atoms with Crippen LogP contribution in [0.1, 0.15) is 24.8 Å². The van der Waals surface area contributed by atoms with Crippen LogP contribution in [0.5, 0.6) is 0 Å². The molecule has 2 aliphatic heterocycles. The van der Waals surface area contributed by atoms with Crippen LogP contribution in [0.3, 0.4) is 0 Å². The van der Waals surface area contributed by atoms with Gasteiger partial charge in [-0.05, 0) is 62.0 Å². The Hall–Kier alpha value is -0.320. The van der Waals surface area contributed by atoms with Crippen LogP contribution in [0.25, 0.3) is 0 Å². The van der Waals surface area contributed by atoms with Gasteiger partial charge in [-0.2, -0.15) is 0 Å². The molecule has 0 aromatic heterocycles. The van der Waals surface area contributed by atoms with Gasteiger partial charge in [-0.1, -0.05) is 23.2 Å². The minimum atomic E-state index is 0.604. The van der Waals surface area contributed by atoms with Gasteiger partial charge in [-0.3, -0.25) is 4.90 Å². The van der Waals surface area contributed by atoms with Gasteiger partial charge in [-0.25, -0.2) is 0 Å². The van der Waals surface area contributed by atoms with E-state index in [1.165, 1.54) is 12.0 Å². The first kappa shape index (κ1) is 16.5. The standard InChI is InChI=1S/C17H24Cl2N2O/c18-15-7-14(8-16(19)9-15)12-21(11-13-1-4-20-10-13)17-2-5-22-6-3-17/h7-9,13,17,20H,1-6,10-12H2/t13-/m1/s1. The molecule has 0 unspecified atom stereocenters. The minimum absolute atomic E-state index is 0.604. The molecular formula is C17H24Cl2N2O. The molecule has 0 spiro atoms. The Morgan fingerprint density at radius 2 is 1.82 bits per heavy atom. The smallest absolute Gasteiger partial charge is 0.0480 e. The Balaban J connectivity index is 1.71. The van der Waals surface area contributed by atoms with Gasteiger partial charge in [0.1, 0.15) is 0 Å². The summed E-state index contributed by atoms with van der Waals surface area (Å²) in [5.41, 5.74) is 1.20. The number of nitrogens with one attached hydrogen (secondary N) is 1. The molecule has 2 heterocycles. The number of benzene rings is 1. The third-order valence-electron chi connectivity index (χ3n) is 4.67. The van der Waals surface area contributed by atoms with E-state index in [4.69, 9.17) is 27.9 Å². The van der Waals surface area contributed by atoms with Crippen LogP contribution in [0, 0.1) is 5.92 Å². The van der Waals surface area contributed by atoms with Gasteiger partial charge < -0.3 is 10.1 Å². The predicted molar refractivity (Wildman–Crippen MR) is 91.7 cm³/mol. The minimum Gasteiger partial charge on any atom is -0.381 e. The highest BCUT2D eigenvalue weighted by atomic mass is 35.5. The normalized spacial score (nSPS) is 23.3. The molecule has 0 saturated carbocycles. The largest absolute Gasteiger partial charge is 0.381 e. The zero-order valence-corrected chi connectivity index (χ0v) is 14.4. The third kappa shape index (κ3) is 4.59. The molecule has 0 amide bonds. The highest BCUT2D eigenvalue weighted by molar-refractivity contribution is 6.34. The first-order valence-corrected chi connectivity index (χ1v) is 8.94. The summed E-state index contributed by atoms with van der Waals surface area (Å²) in [7, 11) is 0. The topological polar surface area (TPSA) is 24.5 Å². The van der Waals surface area contributed by atoms with Crippen molar-refractivity contribution in [3.8, 4) is 0 Å². The van der Waals surface area contributed by atoms with Gasteiger partial charge in [0.15, 0.2) is 0 Å². The van der Waals surface area contributed by atoms with Crippen molar-refractivity contribution in [2.24, 2.45) is 5.92 Å². The molecule has 2 fully saturated rings. The fourth-order valence-corrected chi connectivity index (χ4v) is 4.10. The van der Waals surface area contributed by atoms with Crippen molar-refractivity contribution >= 4 is 23.2 Å². The summed E-state index contributed by atoms with van der Waals surface area (Å²) in [6.07, 6.45) is 3.51. The van der Waals surface area contributed by atoms with Crippen molar-refractivity contribution in [1.29, 1.82) is 0 Å². The molecule has 122 valence electrons. The van der Waals surface area contributed by atoms with Gasteiger partial charge in [-0.15, -0.1) is 0 Å². The van der Waals surface area contributed by atoms with E-state index < -0.39 is 0 Å². The van der Waals surface area contributed by atoms with Gasteiger partial charge in [0.25, 0.3) is 0 Å². The maximum atomic E-state index is 6.16. The van der Waals surface area contributed by atoms with Gasteiger partial charge in [0.05, 0.1) is 0 Å². The molecule has 1 atom stereocenters. The van der Waals surface area contributed by atoms with Crippen molar-refractivity contribution in [3.63, 3.8) is 0 Å². The SMILES string of the molecule is Clc1cc(Cl)cc(CN(C[C@@H]2CCNC2)C2CCOCC2)c1. The Kier molecular flexibility index (Phi) is 6.00. The zero-order chi connectivity index (χ0) is 15.4. The molecule has 22 heavy (non-hydrogen) atoms. The van der Waals surface area contributed by atoms with Crippen molar-refractivity contribution < 1.29 is 4.74 Å². The van der Waals surface area contributed by atoms with Gasteiger partial charge in [0, 0.05) is 42.4 Å². The molecule has 0 radical (unpaired) electrons. The average Bonchev–Trinajstić information content (AvgIpc) is 2.99. The fourth-order valence-electron chi connectivity index (χ4n) is 3.53. The van der Waals surface area contributed by atoms with Crippen molar-refractivity contribution in [2.45, 2.75) is 31.8 Å². The highest BCUT2D eigenvalue weighted by Gasteiger charge is 2.25. The number of nitrogens with zero attached hydrogens (tertiary/aromatic N) is 1. The zero-order valence-electron chi connectivity index (χ0n) is 12.9. The summed E-state index contributed by atoms with van der Waals surface area (Å²) in [5, 5.41) is 4.91. The molecule has 1 N–H and O–H groups in total. The molecule has 2 aliphatic rings. The van der Waals surface area contributed by atoms with Crippen LogP contribution in [-0.2, 0) is 11.3 Å². The molecular weight excluding hydrogens is 319 g/mol. The van der Waals surface area contributed by atoms with E-state index >= 15 is 0 Å². The monoisotopic (exact) mass is 342 g/mol. The summed E-state index contributed by atoms with van der Waals surface area (Å²) in [4.78, 5) is 2.61. The first-order chi connectivity index (χ1) is 10.7. The highest BCUT2D eigenvalue weighted by Crippen LogP contribution is 2.24. The molecule has 0 bridgehead atoms. The quantitative estimate of drug-likeness (QED) is 0.884. The van der Waals surface area contributed by atoms with E-state index in [9.17, 15) is 0 Å². The van der Waals surface area contributed by atoms with Crippen LogP contribution in [0.15, 0.2) is 18.2 Å². The summed E-state index contributed by atoms with van der Waals surface area (Å²) in [6, 6.07) is 6.47. The number of rotatable bonds is 5. The molecule has 2 saturated heterocycles. The summed E-state index contributed by atoms with van der Waals surface area (Å²) < 4.78 is 5.53. The second-order valence-electron chi connectivity index (χ2n) is 6.41. The van der Waals surface area contributed by atoms with E-state index in [0.717, 1.165) is 68.2 Å². The fraction of sp³-hybridized carbons (Fsp3) is 0.647. The third-order valence-corrected chi connectivity index (χ3v) is 5.11. The Morgan fingerprint density at radius 1 is 1.09 bits per heavy atom. The van der Waals surface area contributed by atoms with Crippen LogP contribution in [0.2, 0.25) is 10.0 Å². The van der Waals surface area contributed by atoms with E-state index in [2.05, 4.69) is 10.2 Å². The molecule has 5 heteroatoms. The maximum absolute atomic E-state index is 6.16. The number of hydrogen-bond donors (Lipinski definition) is 1. The Bertz CT molecular complexity index is 465. The van der Waals surface area contributed by atoms with E-state index in [0.29, 0.717) is 6.04 Å². The lowest BCUT2D eigenvalue weighted by Gasteiger charge is -2.36. The summed E-state index contributed by atoms with van der Waals surface area (Å²) in [5.74, 6) is 0.748. The average molecular weight is 343 g/mol. The Morgan fingerprint density at radius 3 is 2.45 bits per heavy atom. The molecule has 1 aromatic rings. The number of ether oxygens (including phenoxy) is 1. The van der Waals surface area contributed by atoms with E-state index in [-0.39, 0.29) is 0 Å². The van der Waals surface area contributed by atoms with E-state index in [1.54, 1.807) is 6.07 Å². The van der Waals surface area contributed by atoms with Crippen LogP contribution < -0.4 is 5.32 Å². The molecule has 1 aromatic carbocycles. The second-order valence-corrected chi connectivity index (χ2v) is 7.28. The van der Waals surface area contributed by atoms with Gasteiger partial charge >= 0.3 is 0 Å². The second kappa shape index (κ2) is 7.98. The molecule has 0 aliphatic carbocycles. The lowest BCUT2D eigenvalue weighted by Crippen LogP contribution is -2.42. The van der Waals surface area contributed by atoms with Crippen LogP contribution >= 0.6 is 23.2 Å². The maximum Gasteiger partial charge on any atom is 0.0480 e. The lowest BCUT2D eigenvalue weighted by atomic mass is 10.0. The lowest BCUT2D eigenvalue weighted by molar-refractivity contribution is 0.0259. The number of halogens is 2. The molecule has 3 rings (SSSR count). The first-order valence-electron chi connectivity index (χ1n) is 8.18. The van der Waals surface area contributed by atoms with Crippen molar-refractivity contribution in [2.75, 3.05) is 32.8 Å². The molecule has 3 nitrogen and oxygen atoms in total. The van der Waals surface area contributed by atoms with Crippen molar-refractivity contribution in [1.82, 2.24) is 10.2 Å². The Labute approximate surface area is 142 Å². The summed E-state index contributed by atoms with van der Waals surface area (Å²) >= 11 is 12.3. The van der Waals surface area contributed by atoms with Crippen LogP contribution in [-0.4, -0.2) is 43.8 Å². The number of hydrogen-bond acceptors (Lipinski definition) is 3. The van der Waals surface area contributed by atoms with E-state index in [1.807, 2.05) is 12.1 Å². The summed E-state index contributed by atoms with van der Waals surface area (Å²) in [6.45, 7) is 6.09.